The number of benzene rings is 1. The number of carboxylic acid groups (broad SMARTS) is 1. The Balaban J connectivity index is 2.44. The molecule has 1 rings (SSSR count). The van der Waals surface area contributed by atoms with Crippen LogP contribution >= 0.6 is 0 Å². The quantitative estimate of drug-likeness (QED) is 0.746. The molecule has 0 bridgehead atoms. The highest BCUT2D eigenvalue weighted by atomic mass is 19.1. The van der Waals surface area contributed by atoms with Gasteiger partial charge >= 0.3 is 5.97 Å². The third kappa shape index (κ3) is 4.87. The van der Waals surface area contributed by atoms with Crippen LogP contribution in [0.3, 0.4) is 0 Å². The molecule has 0 saturated carbocycles. The molecule has 0 aliphatic heterocycles. The number of nitrogens with zero attached hydrogens (tertiary/aromatic N) is 1. The minimum Gasteiger partial charge on any atom is -0.478 e. The van der Waals surface area contributed by atoms with Gasteiger partial charge < -0.3 is 15.3 Å². The maximum absolute atomic E-state index is 13.6. The van der Waals surface area contributed by atoms with Crippen LogP contribution < -0.4 is 5.32 Å². The predicted molar refractivity (Wildman–Crippen MR) is 74.2 cm³/mol. The van der Waals surface area contributed by atoms with Crippen LogP contribution in [0.25, 0.3) is 0 Å². The lowest BCUT2D eigenvalue weighted by Crippen LogP contribution is -2.28. The molecule has 0 atom stereocenters. The molecule has 0 amide bonds. The summed E-state index contributed by atoms with van der Waals surface area (Å²) in [5, 5.41) is 11.7. The normalized spacial score (nSPS) is 11.1. The van der Waals surface area contributed by atoms with Gasteiger partial charge in [-0.3, -0.25) is 0 Å². The maximum Gasteiger partial charge on any atom is 0.335 e. The summed E-state index contributed by atoms with van der Waals surface area (Å²) in [5.41, 5.74) is 0.305. The van der Waals surface area contributed by atoms with E-state index in [9.17, 15) is 9.18 Å². The molecule has 5 heteroatoms. The molecule has 19 heavy (non-hydrogen) atoms. The number of rotatable bonds is 7. The lowest BCUT2D eigenvalue weighted by Gasteiger charge is -2.20. The first-order chi connectivity index (χ1) is 8.91. The molecule has 0 unspecified atom stereocenters. The molecular formula is C14H21FN2O2. The van der Waals surface area contributed by atoms with Gasteiger partial charge in [-0.15, -0.1) is 0 Å². The second-order valence-electron chi connectivity index (χ2n) is 4.85. The van der Waals surface area contributed by atoms with E-state index in [4.69, 9.17) is 5.11 Å². The van der Waals surface area contributed by atoms with Gasteiger partial charge in [0.25, 0.3) is 0 Å². The van der Waals surface area contributed by atoms with Gasteiger partial charge in [-0.25, -0.2) is 9.18 Å². The highest BCUT2D eigenvalue weighted by molar-refractivity contribution is 5.88. The van der Waals surface area contributed by atoms with Crippen molar-refractivity contribution in [3.8, 4) is 0 Å². The summed E-state index contributed by atoms with van der Waals surface area (Å²) < 4.78 is 13.6. The number of anilines is 1. The SMILES string of the molecule is CC(C)N(C)CCCNc1ccc(C(=O)O)cc1F. The van der Waals surface area contributed by atoms with Crippen LogP contribution in [0.1, 0.15) is 30.6 Å². The van der Waals surface area contributed by atoms with E-state index in [1.165, 1.54) is 12.1 Å². The topological polar surface area (TPSA) is 52.6 Å². The summed E-state index contributed by atoms with van der Waals surface area (Å²) in [4.78, 5) is 12.9. The zero-order valence-corrected chi connectivity index (χ0v) is 11.6. The van der Waals surface area contributed by atoms with Crippen molar-refractivity contribution in [3.05, 3.63) is 29.6 Å². The fourth-order valence-electron chi connectivity index (χ4n) is 1.60. The second-order valence-corrected chi connectivity index (χ2v) is 4.85. The van der Waals surface area contributed by atoms with Crippen molar-refractivity contribution in [1.82, 2.24) is 4.90 Å². The first-order valence-electron chi connectivity index (χ1n) is 6.38. The Kier molecular flexibility index (Phi) is 5.76. The van der Waals surface area contributed by atoms with Gasteiger partial charge in [0.05, 0.1) is 11.3 Å². The summed E-state index contributed by atoms with van der Waals surface area (Å²) in [7, 11) is 2.05. The molecule has 1 aromatic carbocycles. The van der Waals surface area contributed by atoms with E-state index in [-0.39, 0.29) is 5.56 Å². The van der Waals surface area contributed by atoms with Crippen LogP contribution in [0.5, 0.6) is 0 Å². The van der Waals surface area contributed by atoms with Crippen LogP contribution in [-0.4, -0.2) is 42.2 Å². The van der Waals surface area contributed by atoms with E-state index in [1.807, 2.05) is 7.05 Å². The molecule has 0 fully saturated rings. The van der Waals surface area contributed by atoms with Gasteiger partial charge in [-0.05, 0) is 52.1 Å². The number of hydrogen-bond acceptors (Lipinski definition) is 3. The van der Waals surface area contributed by atoms with Crippen LogP contribution in [0.2, 0.25) is 0 Å². The molecule has 106 valence electrons. The Morgan fingerprint density at radius 1 is 1.47 bits per heavy atom. The minimum atomic E-state index is -1.12. The molecule has 1 aromatic rings. The number of carboxylic acids is 1. The van der Waals surface area contributed by atoms with Crippen LogP contribution in [0.15, 0.2) is 18.2 Å². The van der Waals surface area contributed by atoms with Gasteiger partial charge in [-0.1, -0.05) is 0 Å². The lowest BCUT2D eigenvalue weighted by molar-refractivity contribution is 0.0696. The van der Waals surface area contributed by atoms with Crippen molar-refractivity contribution in [2.24, 2.45) is 0 Å². The maximum atomic E-state index is 13.6. The van der Waals surface area contributed by atoms with E-state index in [0.29, 0.717) is 18.3 Å². The van der Waals surface area contributed by atoms with Gasteiger partial charge in [0.15, 0.2) is 0 Å². The van der Waals surface area contributed by atoms with Crippen molar-refractivity contribution < 1.29 is 14.3 Å². The fourth-order valence-corrected chi connectivity index (χ4v) is 1.60. The summed E-state index contributed by atoms with van der Waals surface area (Å²) >= 11 is 0. The average molecular weight is 268 g/mol. The number of halogens is 1. The first kappa shape index (κ1) is 15.4. The van der Waals surface area contributed by atoms with Gasteiger partial charge in [0, 0.05) is 12.6 Å². The zero-order valence-electron chi connectivity index (χ0n) is 11.6. The molecule has 0 heterocycles. The third-order valence-corrected chi connectivity index (χ3v) is 3.10. The summed E-state index contributed by atoms with van der Waals surface area (Å²) in [6.45, 7) is 5.83. The minimum absolute atomic E-state index is 0.0393. The van der Waals surface area contributed by atoms with E-state index in [2.05, 4.69) is 24.1 Å². The van der Waals surface area contributed by atoms with Crippen molar-refractivity contribution in [2.45, 2.75) is 26.3 Å². The molecule has 0 spiro atoms. The lowest BCUT2D eigenvalue weighted by atomic mass is 10.2. The molecule has 2 N–H and O–H groups in total. The average Bonchev–Trinajstić information content (AvgIpc) is 2.35. The summed E-state index contributed by atoms with van der Waals surface area (Å²) in [6.07, 6.45) is 0.898. The summed E-state index contributed by atoms with van der Waals surface area (Å²) in [6, 6.07) is 4.38. The van der Waals surface area contributed by atoms with Gasteiger partial charge in [-0.2, -0.15) is 0 Å². The standard InChI is InChI=1S/C14H21FN2O2/c1-10(2)17(3)8-4-7-16-13-6-5-11(14(18)19)9-12(13)15/h5-6,9-10,16H,4,7-8H2,1-3H3,(H,18,19). The smallest absolute Gasteiger partial charge is 0.335 e. The van der Waals surface area contributed by atoms with Crippen molar-refractivity contribution in [3.63, 3.8) is 0 Å². The van der Waals surface area contributed by atoms with E-state index in [1.54, 1.807) is 0 Å². The highest BCUT2D eigenvalue weighted by Crippen LogP contribution is 2.15. The first-order valence-corrected chi connectivity index (χ1v) is 6.38. The molecular weight excluding hydrogens is 247 g/mol. The van der Waals surface area contributed by atoms with Crippen LogP contribution in [-0.2, 0) is 0 Å². The van der Waals surface area contributed by atoms with E-state index < -0.39 is 11.8 Å². The number of aromatic carboxylic acids is 1. The molecule has 0 aliphatic carbocycles. The van der Waals surface area contributed by atoms with E-state index >= 15 is 0 Å². The highest BCUT2D eigenvalue weighted by Gasteiger charge is 2.08. The number of hydrogen-bond donors (Lipinski definition) is 2. The molecule has 0 saturated heterocycles. The predicted octanol–water partition coefficient (Wildman–Crippen LogP) is 2.67. The molecule has 0 radical (unpaired) electrons. The Labute approximate surface area is 113 Å². The zero-order chi connectivity index (χ0) is 14.4. The Morgan fingerprint density at radius 3 is 2.68 bits per heavy atom. The molecule has 0 aromatic heterocycles. The Morgan fingerprint density at radius 2 is 2.16 bits per heavy atom. The van der Waals surface area contributed by atoms with Gasteiger partial charge in [0.1, 0.15) is 5.82 Å². The van der Waals surface area contributed by atoms with Crippen molar-refractivity contribution in [1.29, 1.82) is 0 Å². The second kappa shape index (κ2) is 7.09. The number of nitrogens with one attached hydrogen (secondary N) is 1. The Bertz CT molecular complexity index is 435. The van der Waals surface area contributed by atoms with Crippen LogP contribution in [0, 0.1) is 5.82 Å². The van der Waals surface area contributed by atoms with Crippen LogP contribution in [0.4, 0.5) is 10.1 Å². The molecule has 4 nitrogen and oxygen atoms in total. The van der Waals surface area contributed by atoms with Crippen molar-refractivity contribution >= 4 is 11.7 Å². The fraction of sp³-hybridized carbons (Fsp3) is 0.500. The Hall–Kier alpha value is -1.62. The third-order valence-electron chi connectivity index (χ3n) is 3.10. The van der Waals surface area contributed by atoms with Crippen molar-refractivity contribution in [2.75, 3.05) is 25.5 Å². The van der Waals surface area contributed by atoms with Gasteiger partial charge in [0.2, 0.25) is 0 Å². The monoisotopic (exact) mass is 268 g/mol. The largest absolute Gasteiger partial charge is 0.478 e. The number of carbonyl (C=O) groups is 1. The van der Waals surface area contributed by atoms with E-state index in [0.717, 1.165) is 19.0 Å². The summed E-state index contributed by atoms with van der Waals surface area (Å²) in [5.74, 6) is -1.65. The molecule has 0 aliphatic rings.